The molecule has 0 saturated carbocycles. The van der Waals surface area contributed by atoms with Gasteiger partial charge in [-0.2, -0.15) is 0 Å². The van der Waals surface area contributed by atoms with Gasteiger partial charge in [-0.1, -0.05) is 0 Å². The molecule has 0 atom stereocenters. The van der Waals surface area contributed by atoms with Crippen LogP contribution in [0, 0.1) is 5.92 Å². The topological polar surface area (TPSA) is 53.0 Å². The molecule has 0 aromatic carbocycles. The quantitative estimate of drug-likeness (QED) is 0.773. The van der Waals surface area contributed by atoms with Gasteiger partial charge in [-0.05, 0) is 51.5 Å². The molecular formula is C16H30N2O3. The number of aliphatic hydroxyl groups is 1. The molecule has 0 unspecified atom stereocenters. The van der Waals surface area contributed by atoms with E-state index in [1.54, 1.807) is 7.11 Å². The molecule has 2 saturated heterocycles. The number of carbonyl (C=O) groups is 1. The maximum Gasteiger partial charge on any atom is 0.254 e. The maximum atomic E-state index is 12.6. The van der Waals surface area contributed by atoms with Gasteiger partial charge < -0.3 is 19.6 Å². The molecule has 0 aliphatic carbocycles. The van der Waals surface area contributed by atoms with Crippen molar-refractivity contribution in [2.75, 3.05) is 46.9 Å². The third-order valence-electron chi connectivity index (χ3n) is 5.07. The summed E-state index contributed by atoms with van der Waals surface area (Å²) in [5.41, 5.74) is -1.12. The number of ether oxygens (including phenoxy) is 1. The number of likely N-dealkylation sites (tertiary alicyclic amines) is 2. The van der Waals surface area contributed by atoms with Gasteiger partial charge in [0, 0.05) is 39.9 Å². The summed E-state index contributed by atoms with van der Waals surface area (Å²) in [7, 11) is 3.78. The van der Waals surface area contributed by atoms with E-state index >= 15 is 0 Å². The molecule has 0 radical (unpaired) electrons. The van der Waals surface area contributed by atoms with Crippen molar-refractivity contribution >= 4 is 5.91 Å². The van der Waals surface area contributed by atoms with E-state index in [0.29, 0.717) is 18.8 Å². The Morgan fingerprint density at radius 3 is 2.43 bits per heavy atom. The van der Waals surface area contributed by atoms with Crippen molar-refractivity contribution in [2.45, 2.75) is 44.1 Å². The Kier molecular flexibility index (Phi) is 6.02. The lowest BCUT2D eigenvalue weighted by atomic mass is 9.87. The fourth-order valence-electron chi connectivity index (χ4n) is 3.44. The highest BCUT2D eigenvalue weighted by atomic mass is 16.5. The lowest BCUT2D eigenvalue weighted by molar-refractivity contribution is -0.157. The number of hydrogen-bond donors (Lipinski definition) is 1. The first-order valence-electron chi connectivity index (χ1n) is 8.24. The monoisotopic (exact) mass is 298 g/mol. The van der Waals surface area contributed by atoms with Crippen LogP contribution in [0.1, 0.15) is 38.5 Å². The molecule has 122 valence electrons. The summed E-state index contributed by atoms with van der Waals surface area (Å²) in [5.74, 6) is 0.669. The Hall–Kier alpha value is -0.650. The Labute approximate surface area is 128 Å². The first kappa shape index (κ1) is 16.7. The van der Waals surface area contributed by atoms with Crippen molar-refractivity contribution in [3.63, 3.8) is 0 Å². The van der Waals surface area contributed by atoms with Crippen LogP contribution < -0.4 is 0 Å². The van der Waals surface area contributed by atoms with E-state index in [1.807, 2.05) is 11.9 Å². The van der Waals surface area contributed by atoms with Gasteiger partial charge in [-0.25, -0.2) is 0 Å². The summed E-state index contributed by atoms with van der Waals surface area (Å²) in [5, 5.41) is 10.6. The van der Waals surface area contributed by atoms with Crippen molar-refractivity contribution in [1.82, 2.24) is 9.80 Å². The molecule has 0 bridgehead atoms. The van der Waals surface area contributed by atoms with Crippen LogP contribution in [-0.2, 0) is 9.53 Å². The maximum absolute atomic E-state index is 12.6. The zero-order valence-corrected chi connectivity index (χ0v) is 13.5. The van der Waals surface area contributed by atoms with Gasteiger partial charge in [0.05, 0.1) is 0 Å². The summed E-state index contributed by atoms with van der Waals surface area (Å²) < 4.78 is 5.09. The van der Waals surface area contributed by atoms with Crippen LogP contribution in [0.5, 0.6) is 0 Å². The van der Waals surface area contributed by atoms with Gasteiger partial charge in [0.1, 0.15) is 5.60 Å². The second kappa shape index (κ2) is 7.56. The van der Waals surface area contributed by atoms with Gasteiger partial charge in [0.15, 0.2) is 0 Å². The average molecular weight is 298 g/mol. The van der Waals surface area contributed by atoms with Crippen LogP contribution in [0.25, 0.3) is 0 Å². The molecule has 0 spiro atoms. The average Bonchev–Trinajstić information content (AvgIpc) is 2.51. The fourth-order valence-corrected chi connectivity index (χ4v) is 3.44. The number of amides is 1. The SMILES string of the molecule is COCCCC1CCN(C(=O)C2(O)CCN(C)CC2)CC1. The first-order valence-corrected chi connectivity index (χ1v) is 8.24. The summed E-state index contributed by atoms with van der Waals surface area (Å²) >= 11 is 0. The lowest BCUT2D eigenvalue weighted by Gasteiger charge is -2.41. The van der Waals surface area contributed by atoms with E-state index in [4.69, 9.17) is 4.74 Å². The number of hydrogen-bond acceptors (Lipinski definition) is 4. The van der Waals surface area contributed by atoms with Gasteiger partial charge >= 0.3 is 0 Å². The van der Waals surface area contributed by atoms with Crippen LogP contribution >= 0.6 is 0 Å². The predicted octanol–water partition coefficient (Wildman–Crippen LogP) is 1.11. The highest BCUT2D eigenvalue weighted by molar-refractivity contribution is 5.85. The minimum absolute atomic E-state index is 0.0362. The lowest BCUT2D eigenvalue weighted by Crippen LogP contribution is -2.55. The van der Waals surface area contributed by atoms with Crippen molar-refractivity contribution in [2.24, 2.45) is 5.92 Å². The third-order valence-corrected chi connectivity index (χ3v) is 5.07. The Morgan fingerprint density at radius 1 is 1.24 bits per heavy atom. The molecule has 2 aliphatic heterocycles. The van der Waals surface area contributed by atoms with Crippen molar-refractivity contribution < 1.29 is 14.6 Å². The van der Waals surface area contributed by atoms with E-state index < -0.39 is 5.60 Å². The molecule has 2 aliphatic rings. The number of rotatable bonds is 5. The van der Waals surface area contributed by atoms with Gasteiger partial charge in [-0.15, -0.1) is 0 Å². The van der Waals surface area contributed by atoms with E-state index in [9.17, 15) is 9.90 Å². The molecule has 2 heterocycles. The van der Waals surface area contributed by atoms with Gasteiger partial charge in [-0.3, -0.25) is 4.79 Å². The molecule has 0 aromatic rings. The van der Waals surface area contributed by atoms with E-state index in [2.05, 4.69) is 4.90 Å². The Balaban J connectivity index is 1.77. The zero-order valence-electron chi connectivity index (χ0n) is 13.5. The molecule has 1 N–H and O–H groups in total. The molecule has 1 amide bonds. The summed E-state index contributed by atoms with van der Waals surface area (Å²) in [4.78, 5) is 16.6. The molecule has 5 heteroatoms. The zero-order chi connectivity index (χ0) is 15.3. The van der Waals surface area contributed by atoms with Gasteiger partial charge in [0.25, 0.3) is 5.91 Å². The van der Waals surface area contributed by atoms with E-state index in [0.717, 1.165) is 52.0 Å². The second-order valence-corrected chi connectivity index (χ2v) is 6.71. The minimum atomic E-state index is -1.12. The van der Waals surface area contributed by atoms with Crippen molar-refractivity contribution in [3.05, 3.63) is 0 Å². The van der Waals surface area contributed by atoms with Crippen molar-refractivity contribution in [1.29, 1.82) is 0 Å². The highest BCUT2D eigenvalue weighted by Gasteiger charge is 2.41. The molecule has 2 rings (SSSR count). The van der Waals surface area contributed by atoms with E-state index in [1.165, 1.54) is 6.42 Å². The standard InChI is InChI=1S/C16H30N2O3/c1-17-11-7-16(20,8-12-17)15(19)18-9-5-14(6-10-18)4-3-13-21-2/h14,20H,3-13H2,1-2H3. The van der Waals surface area contributed by atoms with Crippen LogP contribution in [0.3, 0.4) is 0 Å². The number of nitrogens with zero attached hydrogens (tertiary/aromatic N) is 2. The molecule has 5 nitrogen and oxygen atoms in total. The van der Waals surface area contributed by atoms with E-state index in [-0.39, 0.29) is 5.91 Å². The fraction of sp³-hybridized carbons (Fsp3) is 0.938. The number of methoxy groups -OCH3 is 1. The highest BCUT2D eigenvalue weighted by Crippen LogP contribution is 2.28. The molecule has 2 fully saturated rings. The van der Waals surface area contributed by atoms with Crippen LogP contribution in [0.4, 0.5) is 0 Å². The molecular weight excluding hydrogens is 268 g/mol. The number of piperidine rings is 2. The Morgan fingerprint density at radius 2 is 1.86 bits per heavy atom. The molecule has 0 aromatic heterocycles. The summed E-state index contributed by atoms with van der Waals surface area (Å²) in [6.45, 7) is 4.03. The molecule has 21 heavy (non-hydrogen) atoms. The Bertz CT molecular complexity index is 332. The third kappa shape index (κ3) is 4.41. The first-order chi connectivity index (χ1) is 10.0. The summed E-state index contributed by atoms with van der Waals surface area (Å²) in [6, 6.07) is 0. The second-order valence-electron chi connectivity index (χ2n) is 6.71. The van der Waals surface area contributed by atoms with Crippen LogP contribution in [-0.4, -0.2) is 73.4 Å². The smallest absolute Gasteiger partial charge is 0.254 e. The van der Waals surface area contributed by atoms with Crippen LogP contribution in [0.15, 0.2) is 0 Å². The summed E-state index contributed by atoms with van der Waals surface area (Å²) in [6.07, 6.45) is 5.54. The number of carbonyl (C=O) groups excluding carboxylic acids is 1. The van der Waals surface area contributed by atoms with Crippen molar-refractivity contribution in [3.8, 4) is 0 Å². The van der Waals surface area contributed by atoms with Crippen LogP contribution in [0.2, 0.25) is 0 Å². The largest absolute Gasteiger partial charge is 0.385 e. The normalized spacial score (nSPS) is 24.2. The van der Waals surface area contributed by atoms with Gasteiger partial charge in [0.2, 0.25) is 0 Å². The predicted molar refractivity (Wildman–Crippen MR) is 82.1 cm³/mol. The minimum Gasteiger partial charge on any atom is -0.385 e.